The van der Waals surface area contributed by atoms with E-state index in [4.69, 9.17) is 5.11 Å². The standard InChI is InChI=1S/C16H18N6O3S/c1-3-21-10(2)11(8-18-21)12-9-26-16(19-12)20-15(25)13-4-6-17-22(13)7-5-14(23)24/h4,6,8-9H,3,5,7H2,1-2H3,(H,23,24)(H,19,20,25). The second-order valence-corrected chi connectivity index (χ2v) is 6.39. The van der Waals surface area contributed by atoms with E-state index in [1.807, 2.05) is 23.9 Å². The van der Waals surface area contributed by atoms with Crippen molar-refractivity contribution in [1.82, 2.24) is 24.5 Å². The van der Waals surface area contributed by atoms with Crippen molar-refractivity contribution in [3.63, 3.8) is 0 Å². The maximum atomic E-state index is 12.4. The summed E-state index contributed by atoms with van der Waals surface area (Å²) < 4.78 is 3.25. The van der Waals surface area contributed by atoms with E-state index in [9.17, 15) is 9.59 Å². The fraction of sp³-hybridized carbons (Fsp3) is 0.312. The molecule has 1 amide bonds. The summed E-state index contributed by atoms with van der Waals surface area (Å²) in [6.45, 7) is 4.90. The molecule has 0 unspecified atom stereocenters. The molecule has 0 fully saturated rings. The molecule has 2 N–H and O–H groups in total. The molecule has 0 radical (unpaired) electrons. The van der Waals surface area contributed by atoms with E-state index in [1.165, 1.54) is 22.2 Å². The van der Waals surface area contributed by atoms with E-state index in [1.54, 1.807) is 12.3 Å². The molecule has 0 aliphatic carbocycles. The molecule has 0 aromatic carbocycles. The molecule has 0 saturated carbocycles. The molecule has 9 nitrogen and oxygen atoms in total. The molecule has 10 heteroatoms. The molecule has 0 bridgehead atoms. The van der Waals surface area contributed by atoms with Crippen LogP contribution >= 0.6 is 11.3 Å². The van der Waals surface area contributed by atoms with Crippen molar-refractivity contribution < 1.29 is 14.7 Å². The van der Waals surface area contributed by atoms with E-state index in [0.717, 1.165) is 23.5 Å². The van der Waals surface area contributed by atoms with Gasteiger partial charge in [-0.2, -0.15) is 10.2 Å². The molecule has 0 aliphatic heterocycles. The normalized spacial score (nSPS) is 10.8. The minimum atomic E-state index is -0.945. The number of carboxylic acids is 1. The molecule has 3 aromatic rings. The number of carboxylic acid groups (broad SMARTS) is 1. The maximum Gasteiger partial charge on any atom is 0.305 e. The van der Waals surface area contributed by atoms with Gasteiger partial charge in [-0.05, 0) is 19.9 Å². The number of aromatic nitrogens is 5. The summed E-state index contributed by atoms with van der Waals surface area (Å²) in [6, 6.07) is 1.54. The monoisotopic (exact) mass is 374 g/mol. The van der Waals surface area contributed by atoms with Crippen molar-refractivity contribution in [2.75, 3.05) is 5.32 Å². The summed E-state index contributed by atoms with van der Waals surface area (Å²) in [5, 5.41) is 22.1. The van der Waals surface area contributed by atoms with Gasteiger partial charge in [-0.25, -0.2) is 4.98 Å². The first kappa shape index (κ1) is 17.8. The van der Waals surface area contributed by atoms with Gasteiger partial charge in [0.25, 0.3) is 5.91 Å². The van der Waals surface area contributed by atoms with Crippen LogP contribution in [-0.4, -0.2) is 41.5 Å². The largest absolute Gasteiger partial charge is 0.481 e. The highest BCUT2D eigenvalue weighted by atomic mass is 32.1. The molecular weight excluding hydrogens is 356 g/mol. The maximum absolute atomic E-state index is 12.4. The van der Waals surface area contributed by atoms with Gasteiger partial charge in [0.05, 0.1) is 24.9 Å². The average Bonchev–Trinajstić information content (AvgIpc) is 3.32. The Kier molecular flexibility index (Phi) is 5.12. The second kappa shape index (κ2) is 7.48. The van der Waals surface area contributed by atoms with E-state index < -0.39 is 5.97 Å². The predicted octanol–water partition coefficient (Wildman–Crippen LogP) is 2.26. The number of anilines is 1. The van der Waals surface area contributed by atoms with Crippen LogP contribution in [0.2, 0.25) is 0 Å². The highest BCUT2D eigenvalue weighted by Crippen LogP contribution is 2.27. The molecule has 0 saturated heterocycles. The molecule has 0 spiro atoms. The van der Waals surface area contributed by atoms with E-state index in [0.29, 0.717) is 5.13 Å². The lowest BCUT2D eigenvalue weighted by Crippen LogP contribution is -2.18. The zero-order valence-electron chi connectivity index (χ0n) is 14.3. The molecule has 0 atom stereocenters. The number of rotatable bonds is 7. The van der Waals surface area contributed by atoms with Crippen LogP contribution in [0, 0.1) is 6.92 Å². The van der Waals surface area contributed by atoms with Gasteiger partial charge in [-0.3, -0.25) is 24.3 Å². The van der Waals surface area contributed by atoms with Gasteiger partial charge in [0.15, 0.2) is 5.13 Å². The Bertz CT molecular complexity index is 942. The van der Waals surface area contributed by atoms with Crippen LogP contribution < -0.4 is 5.32 Å². The van der Waals surface area contributed by atoms with Crippen LogP contribution in [0.5, 0.6) is 0 Å². The Hall–Kier alpha value is -3.01. The minimum Gasteiger partial charge on any atom is -0.481 e. The number of hydrogen-bond acceptors (Lipinski definition) is 6. The number of nitrogens with one attached hydrogen (secondary N) is 1. The molecule has 3 heterocycles. The Morgan fingerprint density at radius 3 is 2.81 bits per heavy atom. The van der Waals surface area contributed by atoms with Crippen LogP contribution in [0.4, 0.5) is 5.13 Å². The van der Waals surface area contributed by atoms with Gasteiger partial charge in [0.1, 0.15) is 5.69 Å². The number of hydrogen-bond donors (Lipinski definition) is 2. The van der Waals surface area contributed by atoms with Crippen molar-refractivity contribution >= 4 is 28.3 Å². The quantitative estimate of drug-likeness (QED) is 0.655. The third-order valence-electron chi connectivity index (χ3n) is 3.89. The van der Waals surface area contributed by atoms with Gasteiger partial charge in [0.2, 0.25) is 0 Å². The van der Waals surface area contributed by atoms with Crippen LogP contribution in [0.15, 0.2) is 23.8 Å². The minimum absolute atomic E-state index is 0.107. The van der Waals surface area contributed by atoms with Crippen LogP contribution in [-0.2, 0) is 17.9 Å². The highest BCUT2D eigenvalue weighted by molar-refractivity contribution is 7.14. The van der Waals surface area contributed by atoms with Crippen molar-refractivity contribution in [1.29, 1.82) is 0 Å². The summed E-state index contributed by atoms with van der Waals surface area (Å²) in [6.07, 6.45) is 3.12. The number of thiazole rings is 1. The summed E-state index contributed by atoms with van der Waals surface area (Å²) in [5.74, 6) is -1.32. The van der Waals surface area contributed by atoms with Gasteiger partial charge in [-0.1, -0.05) is 0 Å². The van der Waals surface area contributed by atoms with Gasteiger partial charge in [0, 0.05) is 29.4 Å². The smallest absolute Gasteiger partial charge is 0.305 e. The first-order chi connectivity index (χ1) is 12.5. The first-order valence-corrected chi connectivity index (χ1v) is 8.90. The lowest BCUT2D eigenvalue weighted by Gasteiger charge is -2.05. The van der Waals surface area contributed by atoms with E-state index in [2.05, 4.69) is 20.5 Å². The molecule has 3 aromatic heterocycles. The first-order valence-electron chi connectivity index (χ1n) is 8.02. The lowest BCUT2D eigenvalue weighted by atomic mass is 10.2. The Balaban J connectivity index is 1.73. The molecule has 0 aliphatic rings. The van der Waals surface area contributed by atoms with Crippen molar-refractivity contribution in [2.45, 2.75) is 33.4 Å². The number of amides is 1. The SMILES string of the molecule is CCn1ncc(-c2csc(NC(=O)c3ccnn3CCC(=O)O)n2)c1C. The van der Waals surface area contributed by atoms with Crippen LogP contribution in [0.25, 0.3) is 11.3 Å². The van der Waals surface area contributed by atoms with Crippen molar-refractivity contribution in [3.8, 4) is 11.3 Å². The Labute approximate surface area is 153 Å². The molecule has 136 valence electrons. The third kappa shape index (κ3) is 3.64. The molecule has 26 heavy (non-hydrogen) atoms. The number of aryl methyl sites for hydroxylation is 2. The summed E-state index contributed by atoms with van der Waals surface area (Å²) in [4.78, 5) is 27.6. The zero-order chi connectivity index (χ0) is 18.7. The fourth-order valence-corrected chi connectivity index (χ4v) is 3.24. The molecular formula is C16H18N6O3S. The summed E-state index contributed by atoms with van der Waals surface area (Å²) in [7, 11) is 0. The lowest BCUT2D eigenvalue weighted by molar-refractivity contribution is -0.137. The number of nitrogens with zero attached hydrogens (tertiary/aromatic N) is 5. The number of carbonyl (C=O) groups excluding carboxylic acids is 1. The van der Waals surface area contributed by atoms with Crippen molar-refractivity contribution in [3.05, 3.63) is 35.2 Å². The summed E-state index contributed by atoms with van der Waals surface area (Å²) in [5.41, 5.74) is 2.98. The third-order valence-corrected chi connectivity index (χ3v) is 4.65. The van der Waals surface area contributed by atoms with E-state index >= 15 is 0 Å². The second-order valence-electron chi connectivity index (χ2n) is 5.53. The fourth-order valence-electron chi connectivity index (χ4n) is 2.54. The Morgan fingerprint density at radius 2 is 2.12 bits per heavy atom. The zero-order valence-corrected chi connectivity index (χ0v) is 15.2. The average molecular weight is 374 g/mol. The summed E-state index contributed by atoms with van der Waals surface area (Å²) >= 11 is 1.32. The topological polar surface area (TPSA) is 115 Å². The van der Waals surface area contributed by atoms with Gasteiger partial charge < -0.3 is 5.11 Å². The van der Waals surface area contributed by atoms with Crippen LogP contribution in [0.3, 0.4) is 0 Å². The highest BCUT2D eigenvalue weighted by Gasteiger charge is 2.16. The predicted molar refractivity (Wildman–Crippen MR) is 96.2 cm³/mol. The van der Waals surface area contributed by atoms with Gasteiger partial charge >= 0.3 is 5.97 Å². The number of aliphatic carboxylic acids is 1. The van der Waals surface area contributed by atoms with E-state index in [-0.39, 0.29) is 24.6 Å². The Morgan fingerprint density at radius 1 is 1.31 bits per heavy atom. The van der Waals surface area contributed by atoms with Gasteiger partial charge in [-0.15, -0.1) is 11.3 Å². The van der Waals surface area contributed by atoms with Crippen molar-refractivity contribution in [2.24, 2.45) is 0 Å². The van der Waals surface area contributed by atoms with Crippen LogP contribution in [0.1, 0.15) is 29.5 Å². The molecule has 3 rings (SSSR count). The number of carbonyl (C=O) groups is 2.